The molecule has 0 unspecified atom stereocenters. The molecule has 18 heavy (non-hydrogen) atoms. The Balaban J connectivity index is 2.98. The van der Waals surface area contributed by atoms with E-state index in [0.29, 0.717) is 19.2 Å². The number of unbranched alkanes of at least 4 members (excludes halogenated alkanes) is 1. The standard InChI is InChI=1S/C13H18F2N2O/c1-3-5-6-17(4-2)13(18)9-7-12(16)11(15)8-10(9)14/h7-8H,3-6,16H2,1-2H3. The van der Waals surface area contributed by atoms with Gasteiger partial charge >= 0.3 is 0 Å². The Morgan fingerprint density at radius 3 is 2.50 bits per heavy atom. The summed E-state index contributed by atoms with van der Waals surface area (Å²) in [4.78, 5) is 13.6. The van der Waals surface area contributed by atoms with Gasteiger partial charge < -0.3 is 10.6 Å². The zero-order valence-electron chi connectivity index (χ0n) is 10.7. The SMILES string of the molecule is CCCCN(CC)C(=O)c1cc(N)c(F)cc1F. The number of hydrogen-bond donors (Lipinski definition) is 1. The van der Waals surface area contributed by atoms with Gasteiger partial charge in [-0.15, -0.1) is 0 Å². The van der Waals surface area contributed by atoms with Crippen LogP contribution in [0.3, 0.4) is 0 Å². The predicted octanol–water partition coefficient (Wildman–Crippen LogP) is 2.81. The lowest BCUT2D eigenvalue weighted by molar-refractivity contribution is 0.0757. The van der Waals surface area contributed by atoms with Crippen molar-refractivity contribution < 1.29 is 13.6 Å². The minimum Gasteiger partial charge on any atom is -0.396 e. The van der Waals surface area contributed by atoms with E-state index in [1.165, 1.54) is 4.90 Å². The number of nitrogens with two attached hydrogens (primary N) is 1. The number of benzene rings is 1. The summed E-state index contributed by atoms with van der Waals surface area (Å²) in [5.74, 6) is -2.17. The minimum atomic E-state index is -0.873. The number of rotatable bonds is 5. The van der Waals surface area contributed by atoms with Gasteiger partial charge in [0, 0.05) is 19.2 Å². The Morgan fingerprint density at radius 2 is 1.94 bits per heavy atom. The molecule has 0 spiro atoms. The average molecular weight is 256 g/mol. The van der Waals surface area contributed by atoms with Gasteiger partial charge in [0.2, 0.25) is 0 Å². The Labute approximate surface area is 106 Å². The second-order valence-electron chi connectivity index (χ2n) is 4.09. The van der Waals surface area contributed by atoms with Crippen LogP contribution in [0.5, 0.6) is 0 Å². The number of amides is 1. The van der Waals surface area contributed by atoms with Crippen molar-refractivity contribution in [2.75, 3.05) is 18.8 Å². The quantitative estimate of drug-likeness (QED) is 0.823. The predicted molar refractivity (Wildman–Crippen MR) is 67.3 cm³/mol. The molecule has 0 heterocycles. The maximum atomic E-state index is 13.6. The second kappa shape index (κ2) is 6.33. The zero-order valence-corrected chi connectivity index (χ0v) is 10.7. The molecular formula is C13H18F2N2O. The Morgan fingerprint density at radius 1 is 1.28 bits per heavy atom. The molecule has 1 amide bonds. The number of nitrogens with zero attached hydrogens (tertiary/aromatic N) is 1. The Kier molecular flexibility index (Phi) is 5.07. The molecule has 1 aromatic carbocycles. The van der Waals surface area contributed by atoms with E-state index in [2.05, 4.69) is 0 Å². The van der Waals surface area contributed by atoms with Crippen LogP contribution in [0, 0.1) is 11.6 Å². The summed E-state index contributed by atoms with van der Waals surface area (Å²) >= 11 is 0. The van der Waals surface area contributed by atoms with Crippen LogP contribution in [0.4, 0.5) is 14.5 Å². The molecule has 0 saturated heterocycles. The van der Waals surface area contributed by atoms with E-state index < -0.39 is 17.5 Å². The van der Waals surface area contributed by atoms with Crippen LogP contribution < -0.4 is 5.73 Å². The first-order valence-electron chi connectivity index (χ1n) is 6.05. The maximum Gasteiger partial charge on any atom is 0.256 e. The summed E-state index contributed by atoms with van der Waals surface area (Å²) in [5, 5.41) is 0. The summed E-state index contributed by atoms with van der Waals surface area (Å²) < 4.78 is 26.6. The first-order valence-corrected chi connectivity index (χ1v) is 6.05. The summed E-state index contributed by atoms with van der Waals surface area (Å²) in [7, 11) is 0. The van der Waals surface area contributed by atoms with Crippen LogP contribution in [-0.2, 0) is 0 Å². The smallest absolute Gasteiger partial charge is 0.256 e. The summed E-state index contributed by atoms with van der Waals surface area (Å²) in [6.07, 6.45) is 1.79. The van der Waals surface area contributed by atoms with Crippen LogP contribution in [0.15, 0.2) is 12.1 Å². The Hall–Kier alpha value is -1.65. The van der Waals surface area contributed by atoms with Gasteiger partial charge in [0.25, 0.3) is 5.91 Å². The van der Waals surface area contributed by atoms with E-state index in [9.17, 15) is 13.6 Å². The molecule has 0 aromatic heterocycles. The Bertz CT molecular complexity index is 435. The molecule has 0 aliphatic rings. The van der Waals surface area contributed by atoms with Crippen molar-refractivity contribution >= 4 is 11.6 Å². The normalized spacial score (nSPS) is 10.4. The number of halogens is 2. The van der Waals surface area contributed by atoms with Gasteiger partial charge in [0.05, 0.1) is 11.3 Å². The maximum absolute atomic E-state index is 13.6. The molecule has 3 nitrogen and oxygen atoms in total. The van der Waals surface area contributed by atoms with Crippen LogP contribution in [-0.4, -0.2) is 23.9 Å². The topological polar surface area (TPSA) is 46.3 Å². The first-order chi connectivity index (χ1) is 8.51. The highest BCUT2D eigenvalue weighted by molar-refractivity contribution is 5.95. The number of nitrogen functional groups attached to an aromatic ring is 1. The summed E-state index contributed by atoms with van der Waals surface area (Å²) in [6.45, 7) is 4.87. The molecule has 2 N–H and O–H groups in total. The molecule has 0 aliphatic carbocycles. The largest absolute Gasteiger partial charge is 0.396 e. The van der Waals surface area contributed by atoms with E-state index in [0.717, 1.165) is 18.9 Å². The van der Waals surface area contributed by atoms with Crippen molar-refractivity contribution in [3.63, 3.8) is 0 Å². The number of hydrogen-bond acceptors (Lipinski definition) is 2. The molecule has 0 bridgehead atoms. The zero-order chi connectivity index (χ0) is 13.7. The monoisotopic (exact) mass is 256 g/mol. The third kappa shape index (κ3) is 3.18. The van der Waals surface area contributed by atoms with Crippen molar-refractivity contribution in [1.82, 2.24) is 4.90 Å². The van der Waals surface area contributed by atoms with Crippen molar-refractivity contribution in [2.24, 2.45) is 0 Å². The third-order valence-corrected chi connectivity index (χ3v) is 2.77. The molecule has 1 rings (SSSR count). The van der Waals surface area contributed by atoms with Crippen LogP contribution in [0.25, 0.3) is 0 Å². The van der Waals surface area contributed by atoms with Gasteiger partial charge in [0.15, 0.2) is 0 Å². The van der Waals surface area contributed by atoms with E-state index in [1.54, 1.807) is 0 Å². The van der Waals surface area contributed by atoms with E-state index in [-0.39, 0.29) is 11.3 Å². The summed E-state index contributed by atoms with van der Waals surface area (Å²) in [6, 6.07) is 1.71. The highest BCUT2D eigenvalue weighted by atomic mass is 19.1. The van der Waals surface area contributed by atoms with Crippen LogP contribution in [0.1, 0.15) is 37.0 Å². The highest BCUT2D eigenvalue weighted by Crippen LogP contribution is 2.18. The molecule has 0 atom stereocenters. The third-order valence-electron chi connectivity index (χ3n) is 2.77. The first kappa shape index (κ1) is 14.4. The number of carbonyl (C=O) groups excluding carboxylic acids is 1. The van der Waals surface area contributed by atoms with Gasteiger partial charge in [-0.1, -0.05) is 13.3 Å². The molecule has 0 radical (unpaired) electrons. The molecule has 0 aliphatic heterocycles. The van der Waals surface area contributed by atoms with Crippen molar-refractivity contribution in [1.29, 1.82) is 0 Å². The van der Waals surface area contributed by atoms with Crippen molar-refractivity contribution in [2.45, 2.75) is 26.7 Å². The lowest BCUT2D eigenvalue weighted by atomic mass is 10.1. The van der Waals surface area contributed by atoms with Crippen molar-refractivity contribution in [3.8, 4) is 0 Å². The summed E-state index contributed by atoms with van der Waals surface area (Å²) in [5.41, 5.74) is 4.97. The highest BCUT2D eigenvalue weighted by Gasteiger charge is 2.19. The fourth-order valence-corrected chi connectivity index (χ4v) is 1.65. The molecular weight excluding hydrogens is 238 g/mol. The molecule has 5 heteroatoms. The molecule has 100 valence electrons. The van der Waals surface area contributed by atoms with Gasteiger partial charge in [0.1, 0.15) is 11.6 Å². The fourth-order valence-electron chi connectivity index (χ4n) is 1.65. The van der Waals surface area contributed by atoms with Crippen LogP contribution >= 0.6 is 0 Å². The lowest BCUT2D eigenvalue weighted by Crippen LogP contribution is -2.32. The number of anilines is 1. The second-order valence-corrected chi connectivity index (χ2v) is 4.09. The number of carbonyl (C=O) groups is 1. The van der Waals surface area contributed by atoms with E-state index in [4.69, 9.17) is 5.73 Å². The molecule has 1 aromatic rings. The van der Waals surface area contributed by atoms with Gasteiger partial charge in [-0.2, -0.15) is 0 Å². The van der Waals surface area contributed by atoms with Crippen LogP contribution in [0.2, 0.25) is 0 Å². The van der Waals surface area contributed by atoms with Gasteiger partial charge in [-0.3, -0.25) is 4.79 Å². The minimum absolute atomic E-state index is 0.174. The average Bonchev–Trinajstić information content (AvgIpc) is 2.34. The van der Waals surface area contributed by atoms with E-state index >= 15 is 0 Å². The fraction of sp³-hybridized carbons (Fsp3) is 0.462. The van der Waals surface area contributed by atoms with Gasteiger partial charge in [-0.05, 0) is 19.4 Å². The lowest BCUT2D eigenvalue weighted by Gasteiger charge is -2.21. The van der Waals surface area contributed by atoms with Crippen molar-refractivity contribution in [3.05, 3.63) is 29.3 Å². The molecule has 0 saturated carbocycles. The van der Waals surface area contributed by atoms with E-state index in [1.807, 2.05) is 13.8 Å². The van der Waals surface area contributed by atoms with Gasteiger partial charge in [-0.25, -0.2) is 8.78 Å². The molecule has 0 fully saturated rings.